The molecular formula is C17H28N2O2. The molecule has 118 valence electrons. The largest absolute Gasteiger partial charge is 0.493 e. The van der Waals surface area contributed by atoms with Gasteiger partial charge >= 0.3 is 0 Å². The van der Waals surface area contributed by atoms with Gasteiger partial charge < -0.3 is 15.4 Å². The molecule has 0 aliphatic carbocycles. The fourth-order valence-electron chi connectivity index (χ4n) is 2.14. The molecule has 4 heteroatoms. The van der Waals surface area contributed by atoms with Crippen LogP contribution in [0, 0.1) is 0 Å². The number of benzene rings is 1. The van der Waals surface area contributed by atoms with Crippen LogP contribution in [0.5, 0.6) is 5.75 Å². The van der Waals surface area contributed by atoms with E-state index < -0.39 is 0 Å². The van der Waals surface area contributed by atoms with E-state index in [9.17, 15) is 4.79 Å². The van der Waals surface area contributed by atoms with Gasteiger partial charge in [0.2, 0.25) is 0 Å². The van der Waals surface area contributed by atoms with Gasteiger partial charge in [0.25, 0.3) is 5.91 Å². The van der Waals surface area contributed by atoms with Gasteiger partial charge in [-0.05, 0) is 18.6 Å². The quantitative estimate of drug-likeness (QED) is 0.557. The molecule has 1 aromatic rings. The lowest BCUT2D eigenvalue weighted by molar-refractivity contribution is 0.0823. The molecule has 0 heterocycles. The van der Waals surface area contributed by atoms with Crippen molar-refractivity contribution in [2.45, 2.75) is 45.4 Å². The summed E-state index contributed by atoms with van der Waals surface area (Å²) in [6.07, 6.45) is 7.28. The summed E-state index contributed by atoms with van der Waals surface area (Å²) in [4.78, 5) is 13.6. The van der Waals surface area contributed by atoms with E-state index in [2.05, 4.69) is 6.92 Å². The van der Waals surface area contributed by atoms with Crippen LogP contribution in [0.15, 0.2) is 18.2 Å². The molecule has 1 amide bonds. The minimum atomic E-state index is -0.0621. The van der Waals surface area contributed by atoms with Crippen LogP contribution in [0.25, 0.3) is 0 Å². The Hall–Kier alpha value is -1.71. The standard InChI is InChI=1S/C17H28N2O2/c1-4-5-6-7-8-9-12-21-16-13-14(18)10-11-15(16)17(20)19(2)3/h10-11,13H,4-9,12,18H2,1-3H3. The van der Waals surface area contributed by atoms with E-state index in [-0.39, 0.29) is 5.91 Å². The molecule has 0 atom stereocenters. The van der Waals surface area contributed by atoms with Gasteiger partial charge in [0.1, 0.15) is 5.75 Å². The highest BCUT2D eigenvalue weighted by Crippen LogP contribution is 2.23. The van der Waals surface area contributed by atoms with Crippen LogP contribution in [-0.2, 0) is 0 Å². The van der Waals surface area contributed by atoms with Gasteiger partial charge in [-0.25, -0.2) is 0 Å². The van der Waals surface area contributed by atoms with Crippen molar-refractivity contribution in [3.63, 3.8) is 0 Å². The minimum Gasteiger partial charge on any atom is -0.493 e. The number of ether oxygens (including phenoxy) is 1. The van der Waals surface area contributed by atoms with E-state index >= 15 is 0 Å². The summed E-state index contributed by atoms with van der Waals surface area (Å²) in [5.41, 5.74) is 6.97. The van der Waals surface area contributed by atoms with E-state index in [1.807, 2.05) is 0 Å². The number of anilines is 1. The van der Waals surface area contributed by atoms with Gasteiger partial charge in [-0.15, -0.1) is 0 Å². The van der Waals surface area contributed by atoms with Crippen molar-refractivity contribution in [2.75, 3.05) is 26.4 Å². The van der Waals surface area contributed by atoms with Gasteiger partial charge in [-0.2, -0.15) is 0 Å². The number of unbranched alkanes of at least 4 members (excludes halogenated alkanes) is 5. The number of carbonyl (C=O) groups is 1. The lowest BCUT2D eigenvalue weighted by Crippen LogP contribution is -2.22. The molecule has 0 fully saturated rings. The van der Waals surface area contributed by atoms with Gasteiger partial charge in [0, 0.05) is 25.8 Å². The number of rotatable bonds is 9. The van der Waals surface area contributed by atoms with Crippen molar-refractivity contribution in [3.8, 4) is 5.75 Å². The summed E-state index contributed by atoms with van der Waals surface area (Å²) < 4.78 is 5.77. The van der Waals surface area contributed by atoms with Crippen LogP contribution in [0.1, 0.15) is 55.8 Å². The van der Waals surface area contributed by atoms with Crippen LogP contribution in [0.4, 0.5) is 5.69 Å². The lowest BCUT2D eigenvalue weighted by atomic mass is 10.1. The molecule has 2 N–H and O–H groups in total. The maximum absolute atomic E-state index is 12.1. The Morgan fingerprint density at radius 2 is 1.81 bits per heavy atom. The average Bonchev–Trinajstić information content (AvgIpc) is 2.45. The normalized spacial score (nSPS) is 10.4. The first kappa shape index (κ1) is 17.3. The molecule has 0 aliphatic rings. The Bertz CT molecular complexity index is 444. The second-order valence-electron chi connectivity index (χ2n) is 5.57. The van der Waals surface area contributed by atoms with E-state index in [4.69, 9.17) is 10.5 Å². The Labute approximate surface area is 128 Å². The fourth-order valence-corrected chi connectivity index (χ4v) is 2.14. The second kappa shape index (κ2) is 9.27. The van der Waals surface area contributed by atoms with Crippen molar-refractivity contribution >= 4 is 11.6 Å². The topological polar surface area (TPSA) is 55.6 Å². The van der Waals surface area contributed by atoms with Crippen LogP contribution >= 0.6 is 0 Å². The Morgan fingerprint density at radius 1 is 1.14 bits per heavy atom. The second-order valence-corrected chi connectivity index (χ2v) is 5.57. The maximum Gasteiger partial charge on any atom is 0.257 e. The number of hydrogen-bond donors (Lipinski definition) is 1. The van der Waals surface area contributed by atoms with Gasteiger partial charge in [0.15, 0.2) is 0 Å². The zero-order valence-electron chi connectivity index (χ0n) is 13.5. The highest BCUT2D eigenvalue weighted by Gasteiger charge is 2.14. The summed E-state index contributed by atoms with van der Waals surface area (Å²) in [6.45, 7) is 2.84. The summed E-state index contributed by atoms with van der Waals surface area (Å²) in [5.74, 6) is 0.523. The first-order valence-corrected chi connectivity index (χ1v) is 7.80. The van der Waals surface area contributed by atoms with Crippen molar-refractivity contribution in [1.82, 2.24) is 4.90 Å². The van der Waals surface area contributed by atoms with Gasteiger partial charge in [-0.1, -0.05) is 39.0 Å². The third-order valence-electron chi connectivity index (χ3n) is 3.40. The highest BCUT2D eigenvalue weighted by atomic mass is 16.5. The van der Waals surface area contributed by atoms with Crippen LogP contribution in [0.2, 0.25) is 0 Å². The van der Waals surface area contributed by atoms with Crippen LogP contribution < -0.4 is 10.5 Å². The number of nitrogens with two attached hydrogens (primary N) is 1. The molecule has 0 bridgehead atoms. The third-order valence-corrected chi connectivity index (χ3v) is 3.40. The van der Waals surface area contributed by atoms with Crippen molar-refractivity contribution in [2.24, 2.45) is 0 Å². The average molecular weight is 292 g/mol. The van der Waals surface area contributed by atoms with Crippen LogP contribution in [0.3, 0.4) is 0 Å². The molecule has 4 nitrogen and oxygen atoms in total. The summed E-state index contributed by atoms with van der Waals surface area (Å²) >= 11 is 0. The Morgan fingerprint density at radius 3 is 2.48 bits per heavy atom. The summed E-state index contributed by atoms with van der Waals surface area (Å²) in [5, 5.41) is 0. The summed E-state index contributed by atoms with van der Waals surface area (Å²) in [7, 11) is 3.46. The molecule has 0 aliphatic heterocycles. The van der Waals surface area contributed by atoms with E-state index in [1.54, 1.807) is 37.2 Å². The molecule has 0 spiro atoms. The predicted octanol–water partition coefficient (Wildman–Crippen LogP) is 3.71. The lowest BCUT2D eigenvalue weighted by Gasteiger charge is -2.15. The molecule has 0 unspecified atom stereocenters. The highest BCUT2D eigenvalue weighted by molar-refractivity contribution is 5.97. The van der Waals surface area contributed by atoms with Crippen molar-refractivity contribution < 1.29 is 9.53 Å². The van der Waals surface area contributed by atoms with E-state index in [0.717, 1.165) is 6.42 Å². The molecule has 21 heavy (non-hydrogen) atoms. The molecular weight excluding hydrogens is 264 g/mol. The van der Waals surface area contributed by atoms with E-state index in [0.29, 0.717) is 23.6 Å². The predicted molar refractivity (Wildman–Crippen MR) is 87.7 cm³/mol. The Balaban J connectivity index is 2.50. The van der Waals surface area contributed by atoms with Crippen molar-refractivity contribution in [1.29, 1.82) is 0 Å². The van der Waals surface area contributed by atoms with Gasteiger partial charge in [0.05, 0.1) is 12.2 Å². The van der Waals surface area contributed by atoms with Crippen LogP contribution in [-0.4, -0.2) is 31.5 Å². The molecule has 0 saturated heterocycles. The molecule has 0 saturated carbocycles. The number of amides is 1. The monoisotopic (exact) mass is 292 g/mol. The molecule has 0 aromatic heterocycles. The molecule has 1 rings (SSSR count). The molecule has 0 radical (unpaired) electrons. The number of carbonyl (C=O) groups excluding carboxylic acids is 1. The Kier molecular flexibility index (Phi) is 7.65. The molecule has 1 aromatic carbocycles. The minimum absolute atomic E-state index is 0.0621. The fraction of sp³-hybridized carbons (Fsp3) is 0.588. The van der Waals surface area contributed by atoms with E-state index in [1.165, 1.54) is 32.1 Å². The zero-order valence-corrected chi connectivity index (χ0v) is 13.5. The van der Waals surface area contributed by atoms with Crippen molar-refractivity contribution in [3.05, 3.63) is 23.8 Å². The van der Waals surface area contributed by atoms with Gasteiger partial charge in [-0.3, -0.25) is 4.79 Å². The number of hydrogen-bond acceptors (Lipinski definition) is 3. The third kappa shape index (κ3) is 6.06. The summed E-state index contributed by atoms with van der Waals surface area (Å²) in [6, 6.07) is 5.19. The number of nitrogen functional groups attached to an aromatic ring is 1. The first-order valence-electron chi connectivity index (χ1n) is 7.80. The number of nitrogens with zero attached hydrogens (tertiary/aromatic N) is 1. The SMILES string of the molecule is CCCCCCCCOc1cc(N)ccc1C(=O)N(C)C. The zero-order chi connectivity index (χ0) is 15.7. The smallest absolute Gasteiger partial charge is 0.257 e. The maximum atomic E-state index is 12.1. The first-order chi connectivity index (χ1) is 10.1.